The summed E-state index contributed by atoms with van der Waals surface area (Å²) in [5, 5.41) is 2.71. The number of carbonyl (C=O) groups excluding carboxylic acids is 2. The summed E-state index contributed by atoms with van der Waals surface area (Å²) in [7, 11) is 0. The highest BCUT2D eigenvalue weighted by Crippen LogP contribution is 2.44. The highest BCUT2D eigenvalue weighted by atomic mass is 16.5. The van der Waals surface area contributed by atoms with Crippen LogP contribution in [-0.4, -0.2) is 19.0 Å². The van der Waals surface area contributed by atoms with Crippen molar-refractivity contribution in [2.45, 2.75) is 19.8 Å². The smallest absolute Gasteiger partial charge is 0.411 e. The van der Waals surface area contributed by atoms with E-state index >= 15 is 0 Å². The average Bonchev–Trinajstić information content (AvgIpc) is 3.03. The lowest BCUT2D eigenvalue weighted by atomic mass is 9.98. The van der Waals surface area contributed by atoms with Crippen molar-refractivity contribution in [1.82, 2.24) is 0 Å². The fourth-order valence-corrected chi connectivity index (χ4v) is 3.79. The Bertz CT molecular complexity index is 1030. The summed E-state index contributed by atoms with van der Waals surface area (Å²) in [6, 6.07) is 20.0. The van der Waals surface area contributed by atoms with E-state index in [0.29, 0.717) is 11.3 Å². The van der Waals surface area contributed by atoms with Crippen LogP contribution in [0.25, 0.3) is 11.1 Å². The lowest BCUT2D eigenvalue weighted by Crippen LogP contribution is -2.18. The van der Waals surface area contributed by atoms with Gasteiger partial charge in [-0.25, -0.2) is 4.79 Å². The molecule has 0 saturated heterocycles. The van der Waals surface area contributed by atoms with Crippen LogP contribution in [-0.2, 0) is 4.74 Å². The number of aldehydes is 1. The molecule has 140 valence electrons. The molecule has 0 heterocycles. The molecule has 0 bridgehead atoms. The molecule has 3 aromatic rings. The first-order valence-corrected chi connectivity index (χ1v) is 9.27. The molecule has 0 radical (unpaired) electrons. The summed E-state index contributed by atoms with van der Waals surface area (Å²) in [5.41, 5.74) is 7.60. The second-order valence-corrected chi connectivity index (χ2v) is 7.09. The van der Waals surface area contributed by atoms with Gasteiger partial charge in [0.05, 0.1) is 5.69 Å². The molecule has 1 N–H and O–H groups in total. The van der Waals surface area contributed by atoms with Crippen LogP contribution >= 0.6 is 0 Å². The summed E-state index contributed by atoms with van der Waals surface area (Å²) < 4.78 is 5.55. The first-order chi connectivity index (χ1) is 13.6. The first kappa shape index (κ1) is 18.0. The van der Waals surface area contributed by atoms with Crippen molar-refractivity contribution in [3.8, 4) is 11.1 Å². The Morgan fingerprint density at radius 2 is 1.54 bits per heavy atom. The highest BCUT2D eigenvalue weighted by Gasteiger charge is 2.29. The highest BCUT2D eigenvalue weighted by molar-refractivity contribution is 5.93. The first-order valence-electron chi connectivity index (χ1n) is 9.27. The van der Waals surface area contributed by atoms with Crippen molar-refractivity contribution in [3.05, 3.63) is 88.5 Å². The van der Waals surface area contributed by atoms with Crippen molar-refractivity contribution in [3.63, 3.8) is 0 Å². The van der Waals surface area contributed by atoms with E-state index in [9.17, 15) is 9.59 Å². The second-order valence-electron chi connectivity index (χ2n) is 7.09. The normalized spacial score (nSPS) is 12.2. The summed E-state index contributed by atoms with van der Waals surface area (Å²) >= 11 is 0. The van der Waals surface area contributed by atoms with E-state index in [2.05, 4.69) is 29.6 Å². The van der Waals surface area contributed by atoms with E-state index in [-0.39, 0.29) is 12.5 Å². The number of benzene rings is 3. The van der Waals surface area contributed by atoms with E-state index in [1.807, 2.05) is 38.1 Å². The number of nitrogens with one attached hydrogen (secondary N) is 1. The third kappa shape index (κ3) is 3.18. The van der Waals surface area contributed by atoms with Crippen LogP contribution in [0.3, 0.4) is 0 Å². The van der Waals surface area contributed by atoms with Crippen LogP contribution in [0.1, 0.15) is 38.5 Å². The fraction of sp³-hybridized carbons (Fsp3) is 0.167. The second kappa shape index (κ2) is 7.31. The molecule has 0 fully saturated rings. The van der Waals surface area contributed by atoms with Gasteiger partial charge in [-0.05, 0) is 59.4 Å². The Hall–Kier alpha value is -3.40. The maximum Gasteiger partial charge on any atom is 0.411 e. The summed E-state index contributed by atoms with van der Waals surface area (Å²) in [6.07, 6.45) is 0.180. The monoisotopic (exact) mass is 371 g/mol. The van der Waals surface area contributed by atoms with Crippen molar-refractivity contribution in [1.29, 1.82) is 0 Å². The molecule has 0 aliphatic heterocycles. The maximum atomic E-state index is 12.4. The summed E-state index contributed by atoms with van der Waals surface area (Å²) in [4.78, 5) is 23.7. The van der Waals surface area contributed by atoms with Crippen LogP contribution < -0.4 is 5.32 Å². The van der Waals surface area contributed by atoms with Gasteiger partial charge in [0.25, 0.3) is 0 Å². The lowest BCUT2D eigenvalue weighted by molar-refractivity contribution is 0.112. The number of fused-ring (bicyclic) bond motifs is 3. The van der Waals surface area contributed by atoms with E-state index in [1.165, 1.54) is 11.1 Å². The number of anilines is 1. The minimum atomic E-state index is -0.562. The molecule has 1 amide bonds. The number of hydrogen-bond acceptors (Lipinski definition) is 3. The van der Waals surface area contributed by atoms with Crippen molar-refractivity contribution >= 4 is 18.1 Å². The van der Waals surface area contributed by atoms with Crippen LogP contribution in [0.15, 0.2) is 60.7 Å². The Morgan fingerprint density at radius 1 is 0.964 bits per heavy atom. The predicted molar refractivity (Wildman–Crippen MR) is 110 cm³/mol. The molecular weight excluding hydrogens is 350 g/mol. The van der Waals surface area contributed by atoms with Crippen LogP contribution in [0, 0.1) is 13.8 Å². The number of amides is 1. The number of hydrogen-bond donors (Lipinski definition) is 1. The van der Waals surface area contributed by atoms with E-state index in [0.717, 1.165) is 28.5 Å². The SMILES string of the molecule is Cc1cc(C=O)c(NC(=O)OCC2c3ccccc3-c3ccccc32)cc1C. The maximum absolute atomic E-state index is 12.4. The Kier molecular flexibility index (Phi) is 4.70. The minimum Gasteiger partial charge on any atom is -0.448 e. The lowest BCUT2D eigenvalue weighted by Gasteiger charge is -2.15. The number of ether oxygens (including phenoxy) is 1. The molecule has 0 aromatic heterocycles. The average molecular weight is 371 g/mol. The standard InChI is InChI=1S/C24H21NO3/c1-15-11-17(13-26)23(12-16(15)2)25-24(27)28-14-22-20-9-5-3-7-18(20)19-8-4-6-10-21(19)22/h3-13,22H,14H2,1-2H3,(H,25,27). The van der Waals surface area contributed by atoms with Gasteiger partial charge in [0, 0.05) is 11.5 Å². The Labute approximate surface area is 164 Å². The van der Waals surface area contributed by atoms with Gasteiger partial charge in [-0.1, -0.05) is 48.5 Å². The zero-order chi connectivity index (χ0) is 19.7. The number of rotatable bonds is 4. The molecule has 1 aliphatic carbocycles. The molecular formula is C24H21NO3. The van der Waals surface area contributed by atoms with Crippen molar-refractivity contribution in [2.24, 2.45) is 0 Å². The molecule has 4 nitrogen and oxygen atoms in total. The molecule has 0 saturated carbocycles. The Morgan fingerprint density at radius 3 is 2.14 bits per heavy atom. The van der Waals surface area contributed by atoms with Crippen molar-refractivity contribution in [2.75, 3.05) is 11.9 Å². The molecule has 0 unspecified atom stereocenters. The molecule has 1 aliphatic rings. The van der Waals surface area contributed by atoms with Gasteiger partial charge in [-0.15, -0.1) is 0 Å². The third-order valence-electron chi connectivity index (χ3n) is 5.37. The van der Waals surface area contributed by atoms with Crippen LogP contribution in [0.4, 0.5) is 10.5 Å². The van der Waals surface area contributed by atoms with Gasteiger partial charge >= 0.3 is 6.09 Å². The van der Waals surface area contributed by atoms with Crippen LogP contribution in [0.2, 0.25) is 0 Å². The largest absolute Gasteiger partial charge is 0.448 e. The molecule has 0 spiro atoms. The van der Waals surface area contributed by atoms with Crippen molar-refractivity contribution < 1.29 is 14.3 Å². The quantitative estimate of drug-likeness (QED) is 0.618. The molecule has 4 rings (SSSR count). The van der Waals surface area contributed by atoms with Gasteiger partial charge in [0.15, 0.2) is 6.29 Å². The molecule has 3 aromatic carbocycles. The topological polar surface area (TPSA) is 55.4 Å². The summed E-state index contributed by atoms with van der Waals surface area (Å²) in [5.74, 6) is 0.00319. The summed E-state index contributed by atoms with van der Waals surface area (Å²) in [6.45, 7) is 4.10. The zero-order valence-corrected chi connectivity index (χ0v) is 15.9. The third-order valence-corrected chi connectivity index (χ3v) is 5.37. The zero-order valence-electron chi connectivity index (χ0n) is 15.9. The van der Waals surface area contributed by atoms with E-state index in [4.69, 9.17) is 4.74 Å². The molecule has 28 heavy (non-hydrogen) atoms. The van der Waals surface area contributed by atoms with Gasteiger partial charge in [-0.2, -0.15) is 0 Å². The fourth-order valence-electron chi connectivity index (χ4n) is 3.79. The number of aryl methyl sites for hydroxylation is 2. The Balaban J connectivity index is 1.52. The van der Waals surface area contributed by atoms with Gasteiger partial charge in [-0.3, -0.25) is 10.1 Å². The van der Waals surface area contributed by atoms with E-state index < -0.39 is 6.09 Å². The van der Waals surface area contributed by atoms with E-state index in [1.54, 1.807) is 12.1 Å². The van der Waals surface area contributed by atoms with Crippen LogP contribution in [0.5, 0.6) is 0 Å². The van der Waals surface area contributed by atoms with Gasteiger partial charge in [0.2, 0.25) is 0 Å². The molecule has 0 atom stereocenters. The minimum absolute atomic E-state index is 0.00319. The van der Waals surface area contributed by atoms with Gasteiger partial charge < -0.3 is 4.74 Å². The number of carbonyl (C=O) groups is 2. The van der Waals surface area contributed by atoms with Gasteiger partial charge in [0.1, 0.15) is 6.61 Å². The predicted octanol–water partition coefficient (Wildman–Crippen LogP) is 5.48. The molecule has 4 heteroatoms.